The molecule has 1 fully saturated rings. The highest BCUT2D eigenvalue weighted by molar-refractivity contribution is 5.74. The lowest BCUT2D eigenvalue weighted by Crippen LogP contribution is -2.27. The third-order valence-electron chi connectivity index (χ3n) is 2.17. The minimum Gasteiger partial charge on any atom is -0.481 e. The first-order chi connectivity index (χ1) is 5.61. The van der Waals surface area contributed by atoms with Crippen molar-refractivity contribution < 1.29 is 19.8 Å². The number of carbonyl (C=O) groups is 2. The van der Waals surface area contributed by atoms with Crippen LogP contribution in [0.3, 0.4) is 0 Å². The van der Waals surface area contributed by atoms with Crippen molar-refractivity contribution in [1.29, 1.82) is 0 Å². The van der Waals surface area contributed by atoms with Gasteiger partial charge in [-0.15, -0.1) is 0 Å². The summed E-state index contributed by atoms with van der Waals surface area (Å²) >= 11 is 0. The van der Waals surface area contributed by atoms with Crippen LogP contribution in [0.25, 0.3) is 0 Å². The number of carboxylic acid groups (broad SMARTS) is 2. The molecule has 2 N–H and O–H groups in total. The van der Waals surface area contributed by atoms with E-state index in [1.54, 1.807) is 6.42 Å². The Hall–Kier alpha value is -1.06. The van der Waals surface area contributed by atoms with Gasteiger partial charge in [0, 0.05) is 0 Å². The van der Waals surface area contributed by atoms with Crippen molar-refractivity contribution in [1.82, 2.24) is 0 Å². The predicted molar refractivity (Wildman–Crippen MR) is 40.4 cm³/mol. The lowest BCUT2D eigenvalue weighted by Gasteiger charge is -2.22. The zero-order valence-electron chi connectivity index (χ0n) is 6.56. The van der Waals surface area contributed by atoms with E-state index in [0.29, 0.717) is 12.8 Å². The second kappa shape index (κ2) is 3.56. The monoisotopic (exact) mass is 171 g/mol. The fourth-order valence-corrected chi connectivity index (χ4v) is 1.44. The van der Waals surface area contributed by atoms with Gasteiger partial charge in [-0.25, -0.2) is 0 Å². The summed E-state index contributed by atoms with van der Waals surface area (Å²) in [6.07, 6.45) is 3.01. The van der Waals surface area contributed by atoms with Gasteiger partial charge in [0.05, 0.1) is 11.8 Å². The molecule has 0 saturated heterocycles. The molecule has 2 unspecified atom stereocenters. The molecule has 0 amide bonds. The van der Waals surface area contributed by atoms with E-state index in [1.165, 1.54) is 0 Å². The van der Waals surface area contributed by atoms with Crippen molar-refractivity contribution in [2.24, 2.45) is 11.8 Å². The maximum absolute atomic E-state index is 10.5. The fourth-order valence-electron chi connectivity index (χ4n) is 1.44. The largest absolute Gasteiger partial charge is 0.481 e. The average molecular weight is 171 g/mol. The molecule has 0 aromatic carbocycles. The van der Waals surface area contributed by atoms with Crippen LogP contribution >= 0.6 is 0 Å². The molecule has 0 aromatic heterocycles. The van der Waals surface area contributed by atoms with Gasteiger partial charge in [-0.3, -0.25) is 9.59 Å². The molecule has 1 rings (SSSR count). The van der Waals surface area contributed by atoms with E-state index >= 15 is 0 Å². The first-order valence-electron chi connectivity index (χ1n) is 3.88. The van der Waals surface area contributed by atoms with Crippen LogP contribution in [0.2, 0.25) is 0 Å². The number of aliphatic carboxylic acids is 2. The maximum atomic E-state index is 10.5. The third-order valence-corrected chi connectivity index (χ3v) is 2.17. The number of hydrogen-bond acceptors (Lipinski definition) is 2. The Bertz CT molecular complexity index is 179. The van der Waals surface area contributed by atoms with Gasteiger partial charge in [-0.1, -0.05) is 0 Å². The SMILES string of the molecule is O=C(O)C1C[CH]CC(C(=O)O)C1. The molecule has 1 radical (unpaired) electrons. The first-order valence-corrected chi connectivity index (χ1v) is 3.88. The minimum atomic E-state index is -0.891. The summed E-state index contributed by atoms with van der Waals surface area (Å²) in [6.45, 7) is 0. The summed E-state index contributed by atoms with van der Waals surface area (Å²) in [5, 5.41) is 17.2. The molecule has 1 aliphatic carbocycles. The van der Waals surface area contributed by atoms with Crippen LogP contribution < -0.4 is 0 Å². The average Bonchev–Trinajstić information content (AvgIpc) is 2.04. The molecular weight excluding hydrogens is 160 g/mol. The Morgan fingerprint density at radius 3 is 1.83 bits per heavy atom. The van der Waals surface area contributed by atoms with Crippen molar-refractivity contribution in [3.05, 3.63) is 6.42 Å². The molecule has 1 saturated carbocycles. The molecule has 12 heavy (non-hydrogen) atoms. The van der Waals surface area contributed by atoms with Crippen molar-refractivity contribution in [3.63, 3.8) is 0 Å². The summed E-state index contributed by atoms with van der Waals surface area (Å²) < 4.78 is 0. The zero-order valence-corrected chi connectivity index (χ0v) is 6.56. The van der Waals surface area contributed by atoms with Crippen LogP contribution in [0.5, 0.6) is 0 Å². The molecule has 1 aliphatic rings. The van der Waals surface area contributed by atoms with Crippen molar-refractivity contribution in [2.45, 2.75) is 19.3 Å². The molecular formula is C8H11O4. The van der Waals surface area contributed by atoms with Crippen molar-refractivity contribution in [3.8, 4) is 0 Å². The molecule has 0 bridgehead atoms. The van der Waals surface area contributed by atoms with Gasteiger partial charge in [-0.2, -0.15) is 0 Å². The lowest BCUT2D eigenvalue weighted by atomic mass is 9.81. The molecule has 0 heterocycles. The number of hydrogen-bond donors (Lipinski definition) is 2. The van der Waals surface area contributed by atoms with E-state index in [2.05, 4.69) is 0 Å². The Kier molecular flexibility index (Phi) is 2.68. The van der Waals surface area contributed by atoms with Crippen molar-refractivity contribution in [2.75, 3.05) is 0 Å². The molecule has 0 aromatic rings. The molecule has 2 atom stereocenters. The van der Waals surface area contributed by atoms with E-state index in [1.807, 2.05) is 0 Å². The summed E-state index contributed by atoms with van der Waals surface area (Å²) in [5.74, 6) is -2.78. The van der Waals surface area contributed by atoms with Gasteiger partial charge in [0.2, 0.25) is 0 Å². The molecule has 0 spiro atoms. The predicted octanol–water partition coefficient (Wildman–Crippen LogP) is 0.776. The van der Waals surface area contributed by atoms with Crippen LogP contribution in [-0.4, -0.2) is 22.2 Å². The summed E-state index contributed by atoms with van der Waals surface area (Å²) in [5.41, 5.74) is 0. The van der Waals surface area contributed by atoms with E-state index in [0.717, 1.165) is 0 Å². The molecule has 4 heteroatoms. The Labute approximate surface area is 70.2 Å². The van der Waals surface area contributed by atoms with Gasteiger partial charge in [-0.05, 0) is 25.7 Å². The van der Waals surface area contributed by atoms with Crippen LogP contribution in [0.4, 0.5) is 0 Å². The smallest absolute Gasteiger partial charge is 0.306 e. The van der Waals surface area contributed by atoms with Gasteiger partial charge < -0.3 is 10.2 Å². The highest BCUT2D eigenvalue weighted by Crippen LogP contribution is 2.28. The van der Waals surface area contributed by atoms with E-state index < -0.39 is 23.8 Å². The second-order valence-corrected chi connectivity index (χ2v) is 3.07. The third kappa shape index (κ3) is 1.96. The van der Waals surface area contributed by atoms with Gasteiger partial charge in [0.25, 0.3) is 0 Å². The fraction of sp³-hybridized carbons (Fsp3) is 0.625. The summed E-state index contributed by atoms with van der Waals surface area (Å²) in [6, 6.07) is 0. The highest BCUT2D eigenvalue weighted by Gasteiger charge is 2.30. The van der Waals surface area contributed by atoms with E-state index in [9.17, 15) is 9.59 Å². The summed E-state index contributed by atoms with van der Waals surface area (Å²) in [7, 11) is 0. The van der Waals surface area contributed by atoms with Crippen LogP contribution in [-0.2, 0) is 9.59 Å². The number of carboxylic acids is 2. The van der Waals surface area contributed by atoms with Crippen molar-refractivity contribution >= 4 is 11.9 Å². The highest BCUT2D eigenvalue weighted by atomic mass is 16.4. The Morgan fingerprint density at radius 1 is 1.08 bits per heavy atom. The van der Waals surface area contributed by atoms with Gasteiger partial charge in [0.1, 0.15) is 0 Å². The zero-order chi connectivity index (χ0) is 9.14. The van der Waals surface area contributed by atoms with Gasteiger partial charge in [0.15, 0.2) is 0 Å². The van der Waals surface area contributed by atoms with Crippen LogP contribution in [0, 0.1) is 18.3 Å². The lowest BCUT2D eigenvalue weighted by molar-refractivity contribution is -0.146. The Balaban J connectivity index is 2.51. The molecule has 4 nitrogen and oxygen atoms in total. The quantitative estimate of drug-likeness (QED) is 0.643. The first kappa shape index (κ1) is 9.03. The molecule has 67 valence electrons. The minimum absolute atomic E-state index is 0.265. The second-order valence-electron chi connectivity index (χ2n) is 3.07. The Morgan fingerprint density at radius 2 is 1.50 bits per heavy atom. The molecule has 0 aliphatic heterocycles. The standard InChI is InChI=1S/C8H11O4/c9-7(10)5-2-1-3-6(4-5)8(11)12/h1,5-6H,2-4H2,(H,9,10)(H,11,12). The summed E-state index contributed by atoms with van der Waals surface area (Å²) in [4.78, 5) is 21.0. The van der Waals surface area contributed by atoms with E-state index in [-0.39, 0.29) is 6.42 Å². The number of rotatable bonds is 2. The van der Waals surface area contributed by atoms with Crippen LogP contribution in [0.1, 0.15) is 19.3 Å². The van der Waals surface area contributed by atoms with Gasteiger partial charge >= 0.3 is 11.9 Å². The normalized spacial score (nSPS) is 29.7. The van der Waals surface area contributed by atoms with E-state index in [4.69, 9.17) is 10.2 Å². The van der Waals surface area contributed by atoms with Crippen LogP contribution in [0.15, 0.2) is 0 Å². The topological polar surface area (TPSA) is 74.6 Å². The maximum Gasteiger partial charge on any atom is 0.306 e.